The molecule has 0 unspecified atom stereocenters. The van der Waals surface area contributed by atoms with Crippen LogP contribution in [0.5, 0.6) is 0 Å². The lowest BCUT2D eigenvalue weighted by atomic mass is 10.1. The van der Waals surface area contributed by atoms with Crippen molar-refractivity contribution in [1.82, 2.24) is 9.97 Å². The number of rotatable bonds is 4. The number of benzene rings is 1. The van der Waals surface area contributed by atoms with Crippen LogP contribution in [0.1, 0.15) is 20.7 Å². The second-order valence-corrected chi connectivity index (χ2v) is 5.69. The number of amides is 2. The monoisotopic (exact) mass is 346 g/mol. The number of hydrogen-bond acceptors (Lipinski definition) is 4. The molecular formula is C20H18N4O2. The van der Waals surface area contributed by atoms with E-state index in [2.05, 4.69) is 9.97 Å². The molecule has 0 aliphatic heterocycles. The lowest BCUT2D eigenvalue weighted by Crippen LogP contribution is -2.29. The average molecular weight is 346 g/mol. The van der Waals surface area contributed by atoms with Crippen LogP contribution in [0.15, 0.2) is 73.1 Å². The Morgan fingerprint density at radius 3 is 1.54 bits per heavy atom. The summed E-state index contributed by atoms with van der Waals surface area (Å²) in [6.45, 7) is 0. The van der Waals surface area contributed by atoms with Gasteiger partial charge >= 0.3 is 0 Å². The summed E-state index contributed by atoms with van der Waals surface area (Å²) in [4.78, 5) is 36.7. The molecule has 0 aliphatic carbocycles. The molecule has 3 rings (SSSR count). The van der Waals surface area contributed by atoms with Gasteiger partial charge in [0.05, 0.1) is 0 Å². The highest BCUT2D eigenvalue weighted by Gasteiger charge is 2.18. The summed E-state index contributed by atoms with van der Waals surface area (Å²) < 4.78 is 0. The normalized spacial score (nSPS) is 10.2. The molecular weight excluding hydrogens is 328 g/mol. The number of carbonyl (C=O) groups is 2. The summed E-state index contributed by atoms with van der Waals surface area (Å²) in [6, 6.07) is 17.3. The Kier molecular flexibility index (Phi) is 5.03. The molecule has 0 fully saturated rings. The molecule has 130 valence electrons. The zero-order valence-electron chi connectivity index (χ0n) is 14.5. The fourth-order valence-corrected chi connectivity index (χ4v) is 2.48. The highest BCUT2D eigenvalue weighted by Crippen LogP contribution is 2.16. The van der Waals surface area contributed by atoms with Crippen molar-refractivity contribution in [2.24, 2.45) is 0 Å². The van der Waals surface area contributed by atoms with Gasteiger partial charge in [-0.25, -0.2) is 9.97 Å². The number of hydrogen-bond donors (Lipinski definition) is 0. The Morgan fingerprint density at radius 2 is 1.15 bits per heavy atom. The van der Waals surface area contributed by atoms with Gasteiger partial charge in [-0.15, -0.1) is 0 Å². The lowest BCUT2D eigenvalue weighted by Gasteiger charge is -2.18. The molecule has 2 heterocycles. The molecule has 2 aromatic heterocycles. The second-order valence-electron chi connectivity index (χ2n) is 5.69. The predicted molar refractivity (Wildman–Crippen MR) is 100 cm³/mol. The summed E-state index contributed by atoms with van der Waals surface area (Å²) >= 11 is 0. The molecule has 0 spiro atoms. The molecule has 0 saturated heterocycles. The van der Waals surface area contributed by atoms with Crippen molar-refractivity contribution < 1.29 is 9.59 Å². The third-order valence-electron chi connectivity index (χ3n) is 3.95. The van der Waals surface area contributed by atoms with E-state index < -0.39 is 0 Å². The number of aromatic nitrogens is 2. The van der Waals surface area contributed by atoms with E-state index in [1.165, 1.54) is 9.80 Å². The molecule has 2 amide bonds. The van der Waals surface area contributed by atoms with E-state index in [4.69, 9.17) is 0 Å². The Labute approximate surface area is 151 Å². The van der Waals surface area contributed by atoms with Crippen molar-refractivity contribution >= 4 is 23.5 Å². The first-order chi connectivity index (χ1) is 12.6. The van der Waals surface area contributed by atoms with Crippen LogP contribution in [0.25, 0.3) is 0 Å². The van der Waals surface area contributed by atoms with Crippen LogP contribution in [0.2, 0.25) is 0 Å². The van der Waals surface area contributed by atoms with E-state index in [9.17, 15) is 9.59 Å². The van der Waals surface area contributed by atoms with Gasteiger partial charge in [-0.3, -0.25) is 19.4 Å². The minimum atomic E-state index is -0.237. The molecule has 0 N–H and O–H groups in total. The third kappa shape index (κ3) is 3.59. The van der Waals surface area contributed by atoms with Gasteiger partial charge in [0.1, 0.15) is 11.6 Å². The summed E-state index contributed by atoms with van der Waals surface area (Å²) in [6.07, 6.45) is 3.25. The minimum absolute atomic E-state index is 0.237. The Balaban J connectivity index is 1.84. The molecule has 26 heavy (non-hydrogen) atoms. The van der Waals surface area contributed by atoms with Crippen molar-refractivity contribution in [3.8, 4) is 0 Å². The molecule has 0 aliphatic rings. The number of carbonyl (C=O) groups excluding carboxylic acids is 2. The topological polar surface area (TPSA) is 66.4 Å². The molecule has 0 atom stereocenters. The van der Waals surface area contributed by atoms with Gasteiger partial charge in [0.25, 0.3) is 11.8 Å². The summed E-state index contributed by atoms with van der Waals surface area (Å²) in [7, 11) is 3.30. The zero-order valence-corrected chi connectivity index (χ0v) is 14.5. The Bertz CT molecular complexity index is 841. The van der Waals surface area contributed by atoms with E-state index in [1.54, 1.807) is 75.0 Å². The van der Waals surface area contributed by atoms with Crippen LogP contribution in [-0.4, -0.2) is 35.9 Å². The van der Waals surface area contributed by atoms with E-state index in [-0.39, 0.29) is 11.8 Å². The maximum Gasteiger partial charge on any atom is 0.259 e. The second kappa shape index (κ2) is 7.57. The van der Waals surface area contributed by atoms with Gasteiger partial charge in [-0.2, -0.15) is 0 Å². The Hall–Kier alpha value is -3.54. The van der Waals surface area contributed by atoms with Gasteiger partial charge < -0.3 is 0 Å². The first kappa shape index (κ1) is 17.3. The standard InChI is InChI=1S/C20H18N4O2/c1-23(17-10-3-5-12-21-17)19(25)15-8-7-9-16(14-15)20(26)24(2)18-11-4-6-13-22-18/h3-14H,1-2H3. The Morgan fingerprint density at radius 1 is 0.692 bits per heavy atom. The molecule has 0 radical (unpaired) electrons. The molecule has 0 saturated carbocycles. The van der Waals surface area contributed by atoms with Gasteiger partial charge in [0, 0.05) is 37.6 Å². The molecule has 0 bridgehead atoms. The lowest BCUT2D eigenvalue weighted by molar-refractivity contribution is 0.0991. The quantitative estimate of drug-likeness (QED) is 0.728. The van der Waals surface area contributed by atoms with Gasteiger partial charge in [-0.05, 0) is 42.5 Å². The van der Waals surface area contributed by atoms with Crippen LogP contribution in [-0.2, 0) is 0 Å². The largest absolute Gasteiger partial charge is 0.296 e. The fraction of sp³-hybridized carbons (Fsp3) is 0.100. The van der Waals surface area contributed by atoms with E-state index >= 15 is 0 Å². The van der Waals surface area contributed by atoms with Gasteiger partial charge in [0.2, 0.25) is 0 Å². The van der Waals surface area contributed by atoms with Gasteiger partial charge in [0.15, 0.2) is 0 Å². The average Bonchev–Trinajstić information content (AvgIpc) is 2.73. The van der Waals surface area contributed by atoms with Crippen molar-refractivity contribution in [3.05, 3.63) is 84.2 Å². The number of pyridine rings is 2. The van der Waals surface area contributed by atoms with Crippen LogP contribution in [0, 0.1) is 0 Å². The van der Waals surface area contributed by atoms with E-state index in [1.807, 2.05) is 12.1 Å². The maximum atomic E-state index is 12.7. The maximum absolute atomic E-state index is 12.7. The van der Waals surface area contributed by atoms with Crippen molar-refractivity contribution in [1.29, 1.82) is 0 Å². The van der Waals surface area contributed by atoms with Crippen molar-refractivity contribution in [3.63, 3.8) is 0 Å². The van der Waals surface area contributed by atoms with E-state index in [0.29, 0.717) is 22.8 Å². The summed E-state index contributed by atoms with van der Waals surface area (Å²) in [5.41, 5.74) is 0.830. The fourth-order valence-electron chi connectivity index (χ4n) is 2.48. The molecule has 1 aromatic carbocycles. The zero-order chi connectivity index (χ0) is 18.5. The molecule has 3 aromatic rings. The van der Waals surface area contributed by atoms with Crippen molar-refractivity contribution in [2.45, 2.75) is 0 Å². The third-order valence-corrected chi connectivity index (χ3v) is 3.95. The highest BCUT2D eigenvalue weighted by atomic mass is 16.2. The predicted octanol–water partition coefficient (Wildman–Crippen LogP) is 3.03. The van der Waals surface area contributed by atoms with Crippen LogP contribution in [0.4, 0.5) is 11.6 Å². The molecule has 6 nitrogen and oxygen atoms in total. The first-order valence-corrected chi connectivity index (χ1v) is 8.06. The van der Waals surface area contributed by atoms with Crippen LogP contribution < -0.4 is 9.80 Å². The molecule has 6 heteroatoms. The minimum Gasteiger partial charge on any atom is -0.296 e. The SMILES string of the molecule is CN(C(=O)c1cccc(C(=O)N(C)c2ccccn2)c1)c1ccccn1. The first-order valence-electron chi connectivity index (χ1n) is 8.06. The summed E-state index contributed by atoms with van der Waals surface area (Å²) in [5.74, 6) is 0.609. The van der Waals surface area contributed by atoms with Crippen LogP contribution in [0.3, 0.4) is 0 Å². The summed E-state index contributed by atoms with van der Waals surface area (Å²) in [5, 5.41) is 0. The van der Waals surface area contributed by atoms with Crippen LogP contribution >= 0.6 is 0 Å². The number of anilines is 2. The van der Waals surface area contributed by atoms with E-state index in [0.717, 1.165) is 0 Å². The highest BCUT2D eigenvalue weighted by molar-refractivity contribution is 6.09. The number of nitrogens with zero attached hydrogens (tertiary/aromatic N) is 4. The smallest absolute Gasteiger partial charge is 0.259 e. The van der Waals surface area contributed by atoms with Gasteiger partial charge in [-0.1, -0.05) is 18.2 Å². The van der Waals surface area contributed by atoms with Crippen molar-refractivity contribution in [2.75, 3.05) is 23.9 Å².